The molecule has 0 radical (unpaired) electrons. The van der Waals surface area contributed by atoms with Gasteiger partial charge in [0.2, 0.25) is 5.91 Å². The number of amides is 1. The Labute approximate surface area is 94.0 Å². The minimum Gasteiger partial charge on any atom is -0.342 e. The van der Waals surface area contributed by atoms with Crippen LogP contribution in [0.5, 0.6) is 0 Å². The third-order valence-electron chi connectivity index (χ3n) is 3.51. The van der Waals surface area contributed by atoms with Crippen molar-refractivity contribution in [1.82, 2.24) is 4.90 Å². The van der Waals surface area contributed by atoms with Crippen LogP contribution >= 0.6 is 0 Å². The highest BCUT2D eigenvalue weighted by Gasteiger charge is 2.32. The van der Waals surface area contributed by atoms with Crippen LogP contribution in [-0.4, -0.2) is 23.9 Å². The van der Waals surface area contributed by atoms with Gasteiger partial charge >= 0.3 is 0 Å². The van der Waals surface area contributed by atoms with E-state index in [0.717, 1.165) is 32.4 Å². The molecule has 0 N–H and O–H groups in total. The summed E-state index contributed by atoms with van der Waals surface area (Å²) in [6.07, 6.45) is 4.14. The Balaban J connectivity index is 2.52. The number of piperidine rings is 1. The van der Waals surface area contributed by atoms with Gasteiger partial charge in [0.25, 0.3) is 0 Å². The summed E-state index contributed by atoms with van der Waals surface area (Å²) in [5, 5.41) is 0. The Morgan fingerprint density at radius 2 is 2.07 bits per heavy atom. The fourth-order valence-electron chi connectivity index (χ4n) is 2.19. The molecule has 1 aliphatic rings. The zero-order chi connectivity index (χ0) is 11.5. The summed E-state index contributed by atoms with van der Waals surface area (Å²) in [6, 6.07) is 0. The lowest BCUT2D eigenvalue weighted by atomic mass is 9.76. The predicted molar refractivity (Wildman–Crippen MR) is 63.7 cm³/mol. The van der Waals surface area contributed by atoms with Crippen molar-refractivity contribution in [3.05, 3.63) is 0 Å². The van der Waals surface area contributed by atoms with Crippen molar-refractivity contribution in [2.45, 2.75) is 53.4 Å². The number of nitrogens with zero attached hydrogens (tertiary/aromatic N) is 1. The second kappa shape index (κ2) is 5.00. The van der Waals surface area contributed by atoms with Crippen LogP contribution < -0.4 is 0 Å². The molecule has 1 unspecified atom stereocenters. The number of hydrogen-bond acceptors (Lipinski definition) is 1. The van der Waals surface area contributed by atoms with Gasteiger partial charge < -0.3 is 4.90 Å². The summed E-state index contributed by atoms with van der Waals surface area (Å²) >= 11 is 0. The van der Waals surface area contributed by atoms with E-state index in [4.69, 9.17) is 0 Å². The average molecular weight is 211 g/mol. The van der Waals surface area contributed by atoms with Crippen LogP contribution in [0.25, 0.3) is 0 Å². The molecular formula is C13H25NO. The van der Waals surface area contributed by atoms with E-state index in [1.165, 1.54) is 6.42 Å². The first-order valence-corrected chi connectivity index (χ1v) is 6.23. The molecule has 0 bridgehead atoms. The topological polar surface area (TPSA) is 20.3 Å². The molecule has 1 atom stereocenters. The van der Waals surface area contributed by atoms with Crippen LogP contribution in [0.1, 0.15) is 53.4 Å². The van der Waals surface area contributed by atoms with Gasteiger partial charge in [-0.25, -0.2) is 0 Å². The van der Waals surface area contributed by atoms with Crippen LogP contribution in [0.15, 0.2) is 0 Å². The molecule has 1 fully saturated rings. The largest absolute Gasteiger partial charge is 0.342 e. The number of likely N-dealkylation sites (tertiary alicyclic amines) is 1. The average Bonchev–Trinajstić information content (AvgIpc) is 2.15. The fourth-order valence-corrected chi connectivity index (χ4v) is 2.19. The minimum atomic E-state index is 0.338. The van der Waals surface area contributed by atoms with Gasteiger partial charge in [0.15, 0.2) is 0 Å². The highest BCUT2D eigenvalue weighted by Crippen LogP contribution is 2.33. The molecule has 15 heavy (non-hydrogen) atoms. The predicted octanol–water partition coefficient (Wildman–Crippen LogP) is 3.07. The second-order valence-corrected chi connectivity index (χ2v) is 5.79. The molecule has 2 heteroatoms. The standard InChI is InChI=1S/C13H25NO/c1-5-6-9-14-10-11(13(2,3)4)7-8-12(14)15/h11H,5-10H2,1-4H3. The van der Waals surface area contributed by atoms with Gasteiger partial charge in [0.05, 0.1) is 0 Å². The quantitative estimate of drug-likeness (QED) is 0.702. The molecule has 0 aromatic carbocycles. The van der Waals surface area contributed by atoms with E-state index in [9.17, 15) is 4.79 Å². The van der Waals surface area contributed by atoms with Gasteiger partial charge in [-0.15, -0.1) is 0 Å². The molecule has 1 amide bonds. The van der Waals surface area contributed by atoms with E-state index >= 15 is 0 Å². The number of rotatable bonds is 3. The monoisotopic (exact) mass is 211 g/mol. The van der Waals surface area contributed by atoms with E-state index < -0.39 is 0 Å². The Morgan fingerprint density at radius 1 is 1.40 bits per heavy atom. The summed E-state index contributed by atoms with van der Waals surface area (Å²) in [5.74, 6) is 1.04. The number of carbonyl (C=O) groups is 1. The first kappa shape index (κ1) is 12.5. The molecule has 0 aromatic rings. The van der Waals surface area contributed by atoms with Crippen LogP contribution in [0, 0.1) is 11.3 Å². The summed E-state index contributed by atoms with van der Waals surface area (Å²) in [7, 11) is 0. The van der Waals surface area contributed by atoms with Gasteiger partial charge in [-0.1, -0.05) is 34.1 Å². The lowest BCUT2D eigenvalue weighted by Gasteiger charge is -2.39. The molecule has 2 nitrogen and oxygen atoms in total. The SMILES string of the molecule is CCCCN1CC(C(C)(C)C)CCC1=O. The molecule has 1 heterocycles. The van der Waals surface area contributed by atoms with Crippen LogP contribution in [0.3, 0.4) is 0 Å². The zero-order valence-electron chi connectivity index (χ0n) is 10.7. The number of carbonyl (C=O) groups excluding carboxylic acids is 1. The Kier molecular flexibility index (Phi) is 4.18. The second-order valence-electron chi connectivity index (χ2n) is 5.79. The Bertz CT molecular complexity index is 217. The summed E-state index contributed by atoms with van der Waals surface area (Å²) in [4.78, 5) is 13.8. The van der Waals surface area contributed by atoms with Gasteiger partial charge in [-0.05, 0) is 24.2 Å². The Hall–Kier alpha value is -0.530. The number of unbranched alkanes of at least 4 members (excludes halogenated alkanes) is 1. The highest BCUT2D eigenvalue weighted by molar-refractivity contribution is 5.76. The van der Waals surface area contributed by atoms with Crippen molar-refractivity contribution < 1.29 is 4.79 Å². The van der Waals surface area contributed by atoms with Crippen molar-refractivity contribution in [3.8, 4) is 0 Å². The first-order chi connectivity index (χ1) is 6.95. The van der Waals surface area contributed by atoms with Crippen molar-refractivity contribution in [2.24, 2.45) is 11.3 Å². The number of hydrogen-bond donors (Lipinski definition) is 0. The van der Waals surface area contributed by atoms with E-state index in [1.807, 2.05) is 0 Å². The summed E-state index contributed by atoms with van der Waals surface area (Å²) < 4.78 is 0. The Morgan fingerprint density at radius 3 is 2.60 bits per heavy atom. The van der Waals surface area contributed by atoms with Crippen LogP contribution in [-0.2, 0) is 4.79 Å². The van der Waals surface area contributed by atoms with E-state index in [2.05, 4.69) is 32.6 Å². The molecule has 0 saturated carbocycles. The molecular weight excluding hydrogens is 186 g/mol. The third kappa shape index (κ3) is 3.51. The van der Waals surface area contributed by atoms with Gasteiger partial charge in [-0.2, -0.15) is 0 Å². The molecule has 1 aliphatic heterocycles. The highest BCUT2D eigenvalue weighted by atomic mass is 16.2. The maximum absolute atomic E-state index is 11.7. The van der Waals surface area contributed by atoms with Gasteiger partial charge in [0, 0.05) is 19.5 Å². The normalized spacial score (nSPS) is 23.3. The van der Waals surface area contributed by atoms with Gasteiger partial charge in [-0.3, -0.25) is 4.79 Å². The molecule has 0 spiro atoms. The lowest BCUT2D eigenvalue weighted by molar-refractivity contribution is -0.136. The lowest BCUT2D eigenvalue weighted by Crippen LogP contribution is -2.44. The maximum Gasteiger partial charge on any atom is 0.222 e. The molecule has 0 aliphatic carbocycles. The van der Waals surface area contributed by atoms with E-state index in [0.29, 0.717) is 17.2 Å². The van der Waals surface area contributed by atoms with Crippen molar-refractivity contribution in [2.75, 3.05) is 13.1 Å². The smallest absolute Gasteiger partial charge is 0.222 e. The van der Waals surface area contributed by atoms with Crippen LogP contribution in [0.4, 0.5) is 0 Å². The maximum atomic E-state index is 11.7. The molecule has 1 rings (SSSR count). The third-order valence-corrected chi connectivity index (χ3v) is 3.51. The summed E-state index contributed by atoms with van der Waals surface area (Å²) in [6.45, 7) is 11.0. The first-order valence-electron chi connectivity index (χ1n) is 6.23. The fraction of sp³-hybridized carbons (Fsp3) is 0.923. The van der Waals surface area contributed by atoms with Crippen molar-refractivity contribution >= 4 is 5.91 Å². The zero-order valence-corrected chi connectivity index (χ0v) is 10.7. The van der Waals surface area contributed by atoms with Crippen molar-refractivity contribution in [3.63, 3.8) is 0 Å². The summed E-state index contributed by atoms with van der Waals surface area (Å²) in [5.41, 5.74) is 0.338. The molecule has 0 aromatic heterocycles. The van der Waals surface area contributed by atoms with Gasteiger partial charge in [0.1, 0.15) is 0 Å². The van der Waals surface area contributed by atoms with Crippen LogP contribution in [0.2, 0.25) is 0 Å². The van der Waals surface area contributed by atoms with E-state index in [1.54, 1.807) is 0 Å². The van der Waals surface area contributed by atoms with E-state index in [-0.39, 0.29) is 0 Å². The molecule has 88 valence electrons. The minimum absolute atomic E-state index is 0.338. The molecule has 1 saturated heterocycles. The van der Waals surface area contributed by atoms with Crippen molar-refractivity contribution in [1.29, 1.82) is 0 Å².